The Morgan fingerprint density at radius 1 is 1.17 bits per heavy atom. The molecule has 18 heavy (non-hydrogen) atoms. The average Bonchev–Trinajstić information content (AvgIpc) is 2.26. The second kappa shape index (κ2) is 4.56. The van der Waals surface area contributed by atoms with Crippen LogP contribution in [-0.4, -0.2) is 18.8 Å². The highest BCUT2D eigenvalue weighted by atomic mass is 16.5. The zero-order valence-corrected chi connectivity index (χ0v) is 11.6. The van der Waals surface area contributed by atoms with Gasteiger partial charge in [0, 0.05) is 11.6 Å². The van der Waals surface area contributed by atoms with Crippen molar-refractivity contribution in [1.82, 2.24) is 0 Å². The van der Waals surface area contributed by atoms with Crippen LogP contribution in [0.5, 0.6) is 17.2 Å². The van der Waals surface area contributed by atoms with Crippen LogP contribution >= 0.6 is 0 Å². The monoisotopic (exact) mass is 248 g/mol. The zero-order chi connectivity index (χ0) is 13.3. The number of benzene rings is 1. The molecule has 2 rings (SSSR count). The molecule has 0 aliphatic carbocycles. The predicted octanol–water partition coefficient (Wildman–Crippen LogP) is 3.67. The molecule has 0 amide bonds. The van der Waals surface area contributed by atoms with Gasteiger partial charge in [0.25, 0.3) is 0 Å². The van der Waals surface area contributed by atoms with Crippen LogP contribution in [-0.2, 0) is 0 Å². The number of hydrogen-bond acceptors (Lipinski definition) is 3. The third-order valence-electron chi connectivity index (χ3n) is 2.70. The van der Waals surface area contributed by atoms with E-state index in [4.69, 9.17) is 14.2 Å². The van der Waals surface area contributed by atoms with E-state index in [0.29, 0.717) is 0 Å². The maximum absolute atomic E-state index is 5.92. The van der Waals surface area contributed by atoms with Gasteiger partial charge in [-0.3, -0.25) is 0 Å². The third-order valence-corrected chi connectivity index (χ3v) is 2.70. The van der Waals surface area contributed by atoms with E-state index >= 15 is 0 Å². The van der Waals surface area contributed by atoms with Gasteiger partial charge in [0.05, 0.1) is 13.2 Å². The van der Waals surface area contributed by atoms with Gasteiger partial charge >= 0.3 is 0 Å². The molecule has 1 aliphatic rings. The quantitative estimate of drug-likeness (QED) is 0.817. The summed E-state index contributed by atoms with van der Waals surface area (Å²) in [5.74, 6) is 2.28. The topological polar surface area (TPSA) is 27.7 Å². The minimum Gasteiger partial charge on any atom is -0.493 e. The Labute approximate surface area is 108 Å². The molecule has 0 N–H and O–H groups in total. The van der Waals surface area contributed by atoms with Crippen LogP contribution in [0, 0.1) is 0 Å². The average molecular weight is 248 g/mol. The van der Waals surface area contributed by atoms with E-state index in [1.165, 1.54) is 0 Å². The number of ether oxygens (including phenoxy) is 3. The molecule has 1 aromatic rings. The van der Waals surface area contributed by atoms with Crippen LogP contribution in [0.1, 0.15) is 33.3 Å². The highest BCUT2D eigenvalue weighted by Crippen LogP contribution is 2.39. The third kappa shape index (κ3) is 2.61. The number of hydrogen-bond donors (Lipinski definition) is 0. The predicted molar refractivity (Wildman–Crippen MR) is 72.5 cm³/mol. The van der Waals surface area contributed by atoms with E-state index in [1.807, 2.05) is 45.9 Å². The van der Waals surface area contributed by atoms with Gasteiger partial charge < -0.3 is 14.2 Å². The second-order valence-electron chi connectivity index (χ2n) is 5.25. The summed E-state index contributed by atoms with van der Waals surface area (Å²) in [4.78, 5) is 0. The molecule has 0 bridgehead atoms. The van der Waals surface area contributed by atoms with Crippen molar-refractivity contribution in [3.8, 4) is 17.2 Å². The molecule has 3 heteroatoms. The number of methoxy groups -OCH3 is 1. The normalized spacial score (nSPS) is 16.1. The van der Waals surface area contributed by atoms with Crippen molar-refractivity contribution in [2.24, 2.45) is 0 Å². The molecule has 0 spiro atoms. The highest BCUT2D eigenvalue weighted by molar-refractivity contribution is 5.66. The van der Waals surface area contributed by atoms with E-state index < -0.39 is 0 Å². The molecule has 3 nitrogen and oxygen atoms in total. The van der Waals surface area contributed by atoms with Gasteiger partial charge in [0.15, 0.2) is 11.5 Å². The molecule has 0 aromatic heterocycles. The molecule has 0 atom stereocenters. The molecule has 1 aliphatic heterocycles. The fourth-order valence-electron chi connectivity index (χ4n) is 1.89. The molecule has 0 saturated heterocycles. The minimum atomic E-state index is -0.281. The van der Waals surface area contributed by atoms with Crippen molar-refractivity contribution >= 4 is 6.08 Å². The molecule has 0 saturated carbocycles. The van der Waals surface area contributed by atoms with E-state index in [2.05, 4.69) is 6.08 Å². The Bertz CT molecular complexity index is 473. The van der Waals surface area contributed by atoms with E-state index in [1.54, 1.807) is 7.11 Å². The first kappa shape index (κ1) is 12.8. The van der Waals surface area contributed by atoms with Crippen LogP contribution in [0.25, 0.3) is 6.08 Å². The molecular formula is C15H20O3. The van der Waals surface area contributed by atoms with Crippen molar-refractivity contribution in [3.63, 3.8) is 0 Å². The summed E-state index contributed by atoms with van der Waals surface area (Å²) in [5.41, 5.74) is 0.735. The first-order valence-corrected chi connectivity index (χ1v) is 6.18. The van der Waals surface area contributed by atoms with Gasteiger partial charge in [-0.05, 0) is 39.8 Å². The Balaban J connectivity index is 2.42. The first-order chi connectivity index (χ1) is 8.41. The smallest absolute Gasteiger partial charge is 0.165 e. The highest BCUT2D eigenvalue weighted by Gasteiger charge is 2.23. The van der Waals surface area contributed by atoms with E-state index in [0.717, 1.165) is 22.8 Å². The summed E-state index contributed by atoms with van der Waals surface area (Å²) in [5, 5.41) is 0. The van der Waals surface area contributed by atoms with E-state index in [9.17, 15) is 0 Å². The van der Waals surface area contributed by atoms with Crippen LogP contribution in [0.3, 0.4) is 0 Å². The lowest BCUT2D eigenvalue weighted by atomic mass is 10.0. The first-order valence-electron chi connectivity index (χ1n) is 6.18. The van der Waals surface area contributed by atoms with Crippen molar-refractivity contribution in [2.45, 2.75) is 39.4 Å². The van der Waals surface area contributed by atoms with Crippen molar-refractivity contribution in [2.75, 3.05) is 7.11 Å². The lowest BCUT2D eigenvalue weighted by molar-refractivity contribution is 0.157. The second-order valence-corrected chi connectivity index (χ2v) is 5.25. The van der Waals surface area contributed by atoms with Gasteiger partial charge in [0.2, 0.25) is 0 Å². The van der Waals surface area contributed by atoms with Crippen molar-refractivity contribution in [1.29, 1.82) is 0 Å². The fraction of sp³-hybridized carbons (Fsp3) is 0.467. The van der Waals surface area contributed by atoms with Crippen LogP contribution < -0.4 is 14.2 Å². The van der Waals surface area contributed by atoms with E-state index in [-0.39, 0.29) is 11.7 Å². The van der Waals surface area contributed by atoms with Gasteiger partial charge in [-0.1, -0.05) is 6.08 Å². The van der Waals surface area contributed by atoms with Crippen LogP contribution in [0.2, 0.25) is 0 Å². The largest absolute Gasteiger partial charge is 0.493 e. The zero-order valence-electron chi connectivity index (χ0n) is 11.6. The standard InChI is InChI=1S/C15H20O3/c1-10(2)17-14-9-12-11(8-13(14)16-5)6-7-15(3,4)18-12/h6-10H,1-5H3. The number of rotatable bonds is 3. The maximum atomic E-state index is 5.92. The molecular weight excluding hydrogens is 228 g/mol. The van der Waals surface area contributed by atoms with Crippen LogP contribution in [0.4, 0.5) is 0 Å². The van der Waals surface area contributed by atoms with Crippen molar-refractivity contribution in [3.05, 3.63) is 23.8 Å². The Hall–Kier alpha value is -1.64. The molecule has 98 valence electrons. The Kier molecular flexibility index (Phi) is 3.24. The fourth-order valence-corrected chi connectivity index (χ4v) is 1.89. The summed E-state index contributed by atoms with van der Waals surface area (Å²) >= 11 is 0. The van der Waals surface area contributed by atoms with Crippen LogP contribution in [0.15, 0.2) is 18.2 Å². The lowest BCUT2D eigenvalue weighted by Crippen LogP contribution is -2.27. The van der Waals surface area contributed by atoms with Crippen molar-refractivity contribution < 1.29 is 14.2 Å². The molecule has 1 aromatic carbocycles. The SMILES string of the molecule is COc1cc2c(cc1OC(C)C)OC(C)(C)C=C2. The minimum absolute atomic E-state index is 0.101. The Morgan fingerprint density at radius 2 is 1.89 bits per heavy atom. The Morgan fingerprint density at radius 3 is 2.50 bits per heavy atom. The lowest BCUT2D eigenvalue weighted by Gasteiger charge is -2.28. The molecule has 0 fully saturated rings. The summed E-state index contributed by atoms with van der Waals surface area (Å²) in [6, 6.07) is 3.85. The summed E-state index contributed by atoms with van der Waals surface area (Å²) in [7, 11) is 1.65. The van der Waals surface area contributed by atoms with Gasteiger partial charge in [-0.25, -0.2) is 0 Å². The summed E-state index contributed by atoms with van der Waals surface area (Å²) in [6.45, 7) is 8.03. The maximum Gasteiger partial charge on any atom is 0.165 e. The van der Waals surface area contributed by atoms with Gasteiger partial charge in [-0.2, -0.15) is 0 Å². The molecule has 0 unspecified atom stereocenters. The molecule has 1 heterocycles. The summed E-state index contributed by atoms with van der Waals surface area (Å²) < 4.78 is 17.0. The van der Waals surface area contributed by atoms with Gasteiger partial charge in [-0.15, -0.1) is 0 Å². The number of fused-ring (bicyclic) bond motifs is 1. The van der Waals surface area contributed by atoms with Gasteiger partial charge in [0.1, 0.15) is 11.4 Å². The molecule has 0 radical (unpaired) electrons. The summed E-state index contributed by atoms with van der Waals surface area (Å²) in [6.07, 6.45) is 4.20.